The van der Waals surface area contributed by atoms with E-state index in [1.807, 2.05) is 19.0 Å². The molecule has 60 valence electrons. The van der Waals surface area contributed by atoms with Gasteiger partial charge in [-0.2, -0.15) is 0 Å². The highest BCUT2D eigenvalue weighted by Crippen LogP contribution is 2.22. The summed E-state index contributed by atoms with van der Waals surface area (Å²) in [5.74, 6) is 0. The van der Waals surface area contributed by atoms with Crippen molar-refractivity contribution in [2.24, 2.45) is 0 Å². The van der Waals surface area contributed by atoms with Crippen LogP contribution in [0, 0.1) is 0 Å². The lowest BCUT2D eigenvalue weighted by atomic mass is 10.4. The van der Waals surface area contributed by atoms with E-state index in [1.165, 1.54) is 0 Å². The van der Waals surface area contributed by atoms with E-state index >= 15 is 0 Å². The van der Waals surface area contributed by atoms with Crippen molar-refractivity contribution in [1.29, 1.82) is 0 Å². The fourth-order valence-corrected chi connectivity index (χ4v) is 1.06. The maximum atomic E-state index is 5.72. The van der Waals surface area contributed by atoms with Gasteiger partial charge in [-0.1, -0.05) is 23.2 Å². The third kappa shape index (κ3) is 1.94. The van der Waals surface area contributed by atoms with E-state index in [4.69, 9.17) is 23.2 Å². The summed E-state index contributed by atoms with van der Waals surface area (Å²) in [7, 11) is 3.72. The molecule has 0 spiro atoms. The van der Waals surface area contributed by atoms with Crippen LogP contribution in [-0.2, 0) is 0 Å². The van der Waals surface area contributed by atoms with E-state index in [0.717, 1.165) is 5.69 Å². The minimum Gasteiger partial charge on any atom is -0.375 e. The second-order valence-corrected chi connectivity index (χ2v) is 2.98. The van der Waals surface area contributed by atoms with Crippen LogP contribution >= 0.6 is 23.2 Å². The van der Waals surface area contributed by atoms with Crippen LogP contribution in [0.5, 0.6) is 0 Å². The van der Waals surface area contributed by atoms with Gasteiger partial charge in [0.05, 0.1) is 5.69 Å². The third-order valence-electron chi connectivity index (χ3n) is 1.18. The summed E-state index contributed by atoms with van der Waals surface area (Å²) in [5, 5.41) is 7.93. The van der Waals surface area contributed by atoms with Crippen LogP contribution in [0.2, 0.25) is 10.3 Å². The first-order valence-corrected chi connectivity index (χ1v) is 3.73. The molecule has 1 aromatic rings. The minimum absolute atomic E-state index is 0.345. The Morgan fingerprint density at radius 3 is 2.36 bits per heavy atom. The molecule has 0 radical (unpaired) electrons. The van der Waals surface area contributed by atoms with E-state index in [2.05, 4.69) is 10.2 Å². The quantitative estimate of drug-likeness (QED) is 0.679. The largest absolute Gasteiger partial charge is 0.375 e. The van der Waals surface area contributed by atoms with Crippen molar-refractivity contribution in [3.63, 3.8) is 0 Å². The Kier molecular flexibility index (Phi) is 2.52. The summed E-state index contributed by atoms with van der Waals surface area (Å²) in [4.78, 5) is 1.82. The molecule has 0 saturated heterocycles. The molecule has 0 aromatic carbocycles. The molecule has 1 heterocycles. The van der Waals surface area contributed by atoms with Gasteiger partial charge in [0.15, 0.2) is 10.3 Å². The van der Waals surface area contributed by atoms with E-state index in [-0.39, 0.29) is 0 Å². The molecule has 0 N–H and O–H groups in total. The monoisotopic (exact) mass is 191 g/mol. The highest BCUT2D eigenvalue weighted by atomic mass is 35.5. The molecule has 0 bridgehead atoms. The van der Waals surface area contributed by atoms with Crippen molar-refractivity contribution in [1.82, 2.24) is 10.2 Å². The van der Waals surface area contributed by atoms with Crippen molar-refractivity contribution < 1.29 is 0 Å². The number of hydrogen-bond acceptors (Lipinski definition) is 3. The average molecular weight is 192 g/mol. The lowest BCUT2D eigenvalue weighted by molar-refractivity contribution is 1.00. The second kappa shape index (κ2) is 3.24. The van der Waals surface area contributed by atoms with Gasteiger partial charge in [-0.25, -0.2) is 0 Å². The van der Waals surface area contributed by atoms with Crippen molar-refractivity contribution >= 4 is 28.9 Å². The highest BCUT2D eigenvalue weighted by molar-refractivity contribution is 6.33. The molecule has 1 aromatic heterocycles. The molecule has 0 aliphatic carbocycles. The summed E-state index contributed by atoms with van der Waals surface area (Å²) >= 11 is 11.3. The lowest BCUT2D eigenvalue weighted by Gasteiger charge is -2.12. The maximum absolute atomic E-state index is 5.72. The van der Waals surface area contributed by atoms with Crippen LogP contribution in [0.1, 0.15) is 0 Å². The van der Waals surface area contributed by atoms with Crippen molar-refractivity contribution in [2.45, 2.75) is 0 Å². The smallest absolute Gasteiger partial charge is 0.175 e. The summed E-state index contributed by atoms with van der Waals surface area (Å²) in [6.45, 7) is 0. The van der Waals surface area contributed by atoms with Crippen LogP contribution in [0.15, 0.2) is 6.07 Å². The van der Waals surface area contributed by atoms with E-state index in [1.54, 1.807) is 6.07 Å². The van der Waals surface area contributed by atoms with E-state index in [9.17, 15) is 0 Å². The molecular weight excluding hydrogens is 185 g/mol. The van der Waals surface area contributed by atoms with Crippen LogP contribution < -0.4 is 4.90 Å². The second-order valence-electron chi connectivity index (χ2n) is 2.24. The fraction of sp³-hybridized carbons (Fsp3) is 0.333. The third-order valence-corrected chi connectivity index (χ3v) is 1.64. The molecule has 0 aliphatic heterocycles. The normalized spacial score (nSPS) is 9.82. The van der Waals surface area contributed by atoms with Gasteiger partial charge in [0.25, 0.3) is 0 Å². The first-order chi connectivity index (χ1) is 5.11. The molecule has 0 aliphatic rings. The Labute approximate surface area is 74.9 Å². The zero-order valence-electron chi connectivity index (χ0n) is 6.17. The van der Waals surface area contributed by atoms with E-state index < -0.39 is 0 Å². The first kappa shape index (κ1) is 8.56. The van der Waals surface area contributed by atoms with Crippen LogP contribution in [0.4, 0.5) is 5.69 Å². The number of rotatable bonds is 1. The fourth-order valence-electron chi connectivity index (χ4n) is 0.658. The van der Waals surface area contributed by atoms with Crippen molar-refractivity contribution in [3.05, 3.63) is 16.4 Å². The molecule has 0 unspecified atom stereocenters. The zero-order chi connectivity index (χ0) is 8.43. The van der Waals surface area contributed by atoms with Crippen molar-refractivity contribution in [2.75, 3.05) is 19.0 Å². The predicted molar refractivity (Wildman–Crippen MR) is 46.4 cm³/mol. The molecule has 3 nitrogen and oxygen atoms in total. The number of nitrogens with zero attached hydrogens (tertiary/aromatic N) is 3. The summed E-state index contributed by atoms with van der Waals surface area (Å²) in [5.41, 5.74) is 0.770. The predicted octanol–water partition coefficient (Wildman–Crippen LogP) is 1.85. The molecular formula is C6H7Cl2N3. The number of halogens is 2. The Balaban J connectivity index is 3.13. The molecule has 1 rings (SSSR count). The van der Waals surface area contributed by atoms with Gasteiger partial charge in [-0.15, -0.1) is 10.2 Å². The van der Waals surface area contributed by atoms with Gasteiger partial charge in [0, 0.05) is 20.2 Å². The SMILES string of the molecule is CN(C)c1cc(Cl)nnc1Cl. The lowest BCUT2D eigenvalue weighted by Crippen LogP contribution is -2.10. The topological polar surface area (TPSA) is 29.0 Å². The van der Waals surface area contributed by atoms with Crippen LogP contribution in [0.3, 0.4) is 0 Å². The number of anilines is 1. The van der Waals surface area contributed by atoms with Gasteiger partial charge < -0.3 is 4.90 Å². The number of aromatic nitrogens is 2. The summed E-state index contributed by atoms with van der Waals surface area (Å²) in [6.07, 6.45) is 0. The average Bonchev–Trinajstić information content (AvgIpc) is 1.94. The van der Waals surface area contributed by atoms with Crippen molar-refractivity contribution in [3.8, 4) is 0 Å². The van der Waals surface area contributed by atoms with Gasteiger partial charge in [-0.05, 0) is 0 Å². The molecule has 0 fully saturated rings. The molecule has 0 atom stereocenters. The Hall–Kier alpha value is -0.540. The van der Waals surface area contributed by atoms with Gasteiger partial charge in [0.2, 0.25) is 0 Å². The Morgan fingerprint density at radius 1 is 1.27 bits per heavy atom. The molecule has 0 saturated carbocycles. The van der Waals surface area contributed by atoms with Gasteiger partial charge >= 0.3 is 0 Å². The van der Waals surface area contributed by atoms with E-state index in [0.29, 0.717) is 10.3 Å². The van der Waals surface area contributed by atoms with Crippen LogP contribution in [-0.4, -0.2) is 24.3 Å². The van der Waals surface area contributed by atoms with Gasteiger partial charge in [-0.3, -0.25) is 0 Å². The Bertz CT molecular complexity index is 262. The summed E-state index contributed by atoms with van der Waals surface area (Å²) in [6, 6.07) is 1.66. The maximum Gasteiger partial charge on any atom is 0.175 e. The highest BCUT2D eigenvalue weighted by Gasteiger charge is 2.04. The minimum atomic E-state index is 0.345. The summed E-state index contributed by atoms with van der Waals surface area (Å²) < 4.78 is 0. The zero-order valence-corrected chi connectivity index (χ0v) is 7.69. The molecule has 0 amide bonds. The Morgan fingerprint density at radius 2 is 1.91 bits per heavy atom. The molecule has 11 heavy (non-hydrogen) atoms. The first-order valence-electron chi connectivity index (χ1n) is 2.97. The molecule has 5 heteroatoms. The van der Waals surface area contributed by atoms with Gasteiger partial charge in [0.1, 0.15) is 0 Å². The standard InChI is InChI=1S/C6H7Cl2N3/c1-11(2)4-3-5(7)9-10-6(4)8/h3H,1-2H3. The van der Waals surface area contributed by atoms with Crippen LogP contribution in [0.25, 0.3) is 0 Å². The number of hydrogen-bond donors (Lipinski definition) is 0.